The highest BCUT2D eigenvalue weighted by Gasteiger charge is 2.11. The van der Waals surface area contributed by atoms with Crippen molar-refractivity contribution in [2.45, 2.75) is 13.3 Å². The maximum Gasteiger partial charge on any atom is 0.338 e. The number of hydrogen-bond acceptors (Lipinski definition) is 4. The number of carbonyl (C=O) groups is 2. The highest BCUT2D eigenvalue weighted by Crippen LogP contribution is 2.12. The van der Waals surface area contributed by atoms with E-state index in [2.05, 4.69) is 10.4 Å². The third kappa shape index (κ3) is 5.20. The lowest BCUT2D eigenvalue weighted by molar-refractivity contribution is -0.124. The van der Waals surface area contributed by atoms with Crippen molar-refractivity contribution in [3.8, 4) is 5.69 Å². The molecule has 0 aliphatic rings. The molecule has 3 aromatic rings. The minimum atomic E-state index is -0.547. The zero-order chi connectivity index (χ0) is 19.9. The Labute approximate surface area is 168 Å². The molecule has 6 nitrogen and oxygen atoms in total. The molecule has 7 heteroatoms. The lowest BCUT2D eigenvalue weighted by Crippen LogP contribution is -2.30. The molecule has 0 radical (unpaired) electrons. The Morgan fingerprint density at radius 1 is 1.14 bits per heavy atom. The van der Waals surface area contributed by atoms with E-state index in [1.54, 1.807) is 41.2 Å². The molecule has 0 saturated heterocycles. The Bertz CT molecular complexity index is 967. The van der Waals surface area contributed by atoms with E-state index in [-0.39, 0.29) is 12.5 Å². The lowest BCUT2D eigenvalue weighted by atomic mass is 10.1. The summed E-state index contributed by atoms with van der Waals surface area (Å²) in [4.78, 5) is 24.0. The summed E-state index contributed by atoms with van der Waals surface area (Å²) in [5.74, 6) is -0.895. The predicted molar refractivity (Wildman–Crippen MR) is 107 cm³/mol. The van der Waals surface area contributed by atoms with Crippen molar-refractivity contribution < 1.29 is 14.3 Å². The standard InChI is InChI=1S/C21H20ClN3O3/c1-15-9-12-24-25(15)19-7-5-17(6-8-19)21(27)28-14-20(26)23-11-10-16-3-2-4-18(22)13-16/h2-9,12-13H,10-11,14H2,1H3,(H,23,26). The molecule has 28 heavy (non-hydrogen) atoms. The van der Waals surface area contributed by atoms with Crippen LogP contribution in [0.2, 0.25) is 5.02 Å². The number of benzene rings is 2. The van der Waals surface area contributed by atoms with Crippen molar-refractivity contribution in [3.05, 3.63) is 82.6 Å². The van der Waals surface area contributed by atoms with Crippen molar-refractivity contribution >= 4 is 23.5 Å². The van der Waals surface area contributed by atoms with E-state index in [0.717, 1.165) is 16.9 Å². The first-order chi connectivity index (χ1) is 13.5. The van der Waals surface area contributed by atoms with Gasteiger partial charge in [0.1, 0.15) is 0 Å². The quantitative estimate of drug-likeness (QED) is 0.620. The highest BCUT2D eigenvalue weighted by molar-refractivity contribution is 6.30. The molecule has 0 atom stereocenters. The van der Waals surface area contributed by atoms with Gasteiger partial charge in [0.15, 0.2) is 6.61 Å². The smallest absolute Gasteiger partial charge is 0.338 e. The Morgan fingerprint density at radius 2 is 1.93 bits per heavy atom. The number of rotatable bonds is 7. The molecule has 0 aliphatic carbocycles. The van der Waals surface area contributed by atoms with Crippen LogP contribution < -0.4 is 5.32 Å². The summed E-state index contributed by atoms with van der Waals surface area (Å²) in [5.41, 5.74) is 3.24. The lowest BCUT2D eigenvalue weighted by Gasteiger charge is -2.08. The molecule has 144 valence electrons. The van der Waals surface area contributed by atoms with Gasteiger partial charge in [-0.2, -0.15) is 5.10 Å². The van der Waals surface area contributed by atoms with Crippen LogP contribution in [0, 0.1) is 6.92 Å². The Balaban J connectivity index is 1.44. The summed E-state index contributed by atoms with van der Waals surface area (Å²) in [7, 11) is 0. The second kappa shape index (κ2) is 9.19. The van der Waals surface area contributed by atoms with E-state index in [1.165, 1.54) is 0 Å². The van der Waals surface area contributed by atoms with Gasteiger partial charge in [0.25, 0.3) is 5.91 Å². The minimum absolute atomic E-state index is 0.325. The van der Waals surface area contributed by atoms with Crippen LogP contribution in [-0.2, 0) is 16.0 Å². The zero-order valence-corrected chi connectivity index (χ0v) is 16.1. The van der Waals surface area contributed by atoms with Crippen molar-refractivity contribution in [2.75, 3.05) is 13.2 Å². The van der Waals surface area contributed by atoms with Crippen LogP contribution in [0.1, 0.15) is 21.6 Å². The average molecular weight is 398 g/mol. The summed E-state index contributed by atoms with van der Waals surface area (Å²) in [5, 5.41) is 7.59. The van der Waals surface area contributed by atoms with E-state index in [4.69, 9.17) is 16.3 Å². The fourth-order valence-corrected chi connectivity index (χ4v) is 2.90. The number of nitrogens with one attached hydrogen (secondary N) is 1. The van der Waals surface area contributed by atoms with Gasteiger partial charge in [-0.3, -0.25) is 4.79 Å². The van der Waals surface area contributed by atoms with Gasteiger partial charge in [0.2, 0.25) is 0 Å². The molecular weight excluding hydrogens is 378 g/mol. The van der Waals surface area contributed by atoms with Crippen molar-refractivity contribution in [3.63, 3.8) is 0 Å². The molecule has 0 saturated carbocycles. The van der Waals surface area contributed by atoms with Crippen molar-refractivity contribution in [1.29, 1.82) is 0 Å². The number of amides is 1. The molecule has 1 heterocycles. The fraction of sp³-hybridized carbons (Fsp3) is 0.190. The summed E-state index contributed by atoms with van der Waals surface area (Å²) < 4.78 is 6.84. The molecule has 0 bridgehead atoms. The van der Waals surface area contributed by atoms with Gasteiger partial charge in [-0.05, 0) is 61.4 Å². The first-order valence-corrected chi connectivity index (χ1v) is 9.20. The van der Waals surface area contributed by atoms with E-state index >= 15 is 0 Å². The SMILES string of the molecule is Cc1ccnn1-c1ccc(C(=O)OCC(=O)NCCc2cccc(Cl)c2)cc1. The average Bonchev–Trinajstić information content (AvgIpc) is 3.12. The Kier molecular flexibility index (Phi) is 6.45. The molecule has 0 unspecified atom stereocenters. The van der Waals surface area contributed by atoms with E-state index in [1.807, 2.05) is 31.2 Å². The van der Waals surface area contributed by atoms with Crippen LogP contribution in [0.5, 0.6) is 0 Å². The third-order valence-electron chi connectivity index (χ3n) is 4.14. The molecular formula is C21H20ClN3O3. The van der Waals surface area contributed by atoms with Crippen LogP contribution in [0.4, 0.5) is 0 Å². The molecule has 1 amide bonds. The van der Waals surface area contributed by atoms with Gasteiger partial charge in [-0.1, -0.05) is 23.7 Å². The number of carbonyl (C=O) groups excluding carboxylic acids is 2. The van der Waals surface area contributed by atoms with Gasteiger partial charge >= 0.3 is 5.97 Å². The van der Waals surface area contributed by atoms with Crippen LogP contribution >= 0.6 is 11.6 Å². The maximum absolute atomic E-state index is 12.1. The Morgan fingerprint density at radius 3 is 2.61 bits per heavy atom. The number of aromatic nitrogens is 2. The fourth-order valence-electron chi connectivity index (χ4n) is 2.68. The summed E-state index contributed by atoms with van der Waals surface area (Å²) >= 11 is 5.93. The zero-order valence-electron chi connectivity index (χ0n) is 15.4. The number of nitrogens with zero attached hydrogens (tertiary/aromatic N) is 2. The van der Waals surface area contributed by atoms with E-state index in [0.29, 0.717) is 23.6 Å². The summed E-state index contributed by atoms with van der Waals surface area (Å²) in [6.07, 6.45) is 2.36. The van der Waals surface area contributed by atoms with Crippen LogP contribution in [0.15, 0.2) is 60.8 Å². The van der Waals surface area contributed by atoms with E-state index < -0.39 is 5.97 Å². The van der Waals surface area contributed by atoms with Crippen molar-refractivity contribution in [1.82, 2.24) is 15.1 Å². The minimum Gasteiger partial charge on any atom is -0.452 e. The topological polar surface area (TPSA) is 73.2 Å². The number of aryl methyl sites for hydroxylation is 1. The van der Waals surface area contributed by atoms with Crippen LogP contribution in [-0.4, -0.2) is 34.8 Å². The van der Waals surface area contributed by atoms with Crippen molar-refractivity contribution in [2.24, 2.45) is 0 Å². The number of hydrogen-bond donors (Lipinski definition) is 1. The van der Waals surface area contributed by atoms with Crippen LogP contribution in [0.3, 0.4) is 0 Å². The molecule has 0 spiro atoms. The predicted octanol–water partition coefficient (Wildman–Crippen LogP) is 3.35. The molecule has 3 rings (SSSR count). The maximum atomic E-state index is 12.1. The first kappa shape index (κ1) is 19.6. The molecule has 1 aromatic heterocycles. The highest BCUT2D eigenvalue weighted by atomic mass is 35.5. The van der Waals surface area contributed by atoms with E-state index in [9.17, 15) is 9.59 Å². The van der Waals surface area contributed by atoms with Gasteiger partial charge in [0, 0.05) is 23.5 Å². The first-order valence-electron chi connectivity index (χ1n) is 8.82. The summed E-state index contributed by atoms with van der Waals surface area (Å²) in [6, 6.07) is 16.2. The van der Waals surface area contributed by atoms with Crippen LogP contribution in [0.25, 0.3) is 5.69 Å². The van der Waals surface area contributed by atoms with Gasteiger partial charge in [-0.25, -0.2) is 9.48 Å². The molecule has 1 N–H and O–H groups in total. The largest absolute Gasteiger partial charge is 0.452 e. The monoisotopic (exact) mass is 397 g/mol. The van der Waals surface area contributed by atoms with Gasteiger partial charge in [-0.15, -0.1) is 0 Å². The number of ether oxygens (including phenoxy) is 1. The number of esters is 1. The van der Waals surface area contributed by atoms with Gasteiger partial charge in [0.05, 0.1) is 11.3 Å². The Hall–Kier alpha value is -3.12. The second-order valence-corrected chi connectivity index (χ2v) is 6.67. The molecule has 0 fully saturated rings. The molecule has 2 aromatic carbocycles. The number of halogens is 1. The second-order valence-electron chi connectivity index (χ2n) is 6.24. The third-order valence-corrected chi connectivity index (χ3v) is 4.37. The van der Waals surface area contributed by atoms with Gasteiger partial charge < -0.3 is 10.1 Å². The molecule has 0 aliphatic heterocycles. The normalized spacial score (nSPS) is 10.5. The summed E-state index contributed by atoms with van der Waals surface area (Å²) in [6.45, 7) is 2.06.